The van der Waals surface area contributed by atoms with Crippen LogP contribution in [0.2, 0.25) is 0 Å². The predicted octanol–water partition coefficient (Wildman–Crippen LogP) is 3.21. The maximum Gasteiger partial charge on any atom is 0.236 e. The third-order valence-electron chi connectivity index (χ3n) is 0.351. The number of hydrogen-bond donors (Lipinski definition) is 1. The smallest absolute Gasteiger partial charge is 0.236 e. The summed E-state index contributed by atoms with van der Waals surface area (Å²) >= 11 is 0. The van der Waals surface area contributed by atoms with Crippen LogP contribution in [-0.2, 0) is 4.79 Å². The maximum absolute atomic E-state index is 9.98. The minimum Gasteiger partial charge on any atom is -0.274 e. The largest absolute Gasteiger partial charge is 0.274 e. The van der Waals surface area contributed by atoms with Gasteiger partial charge >= 0.3 is 0 Å². The van der Waals surface area contributed by atoms with Crippen molar-refractivity contribution in [3.63, 3.8) is 0 Å². The van der Waals surface area contributed by atoms with E-state index in [0.29, 0.717) is 0 Å². The van der Waals surface area contributed by atoms with E-state index in [0.717, 1.165) is 0 Å². The minimum absolute atomic E-state index is 0.141. The fourth-order valence-electron chi connectivity index (χ4n) is 0.155. The molecule has 0 heterocycles. The van der Waals surface area contributed by atoms with Crippen molar-refractivity contribution in [3.05, 3.63) is 0 Å². The van der Waals surface area contributed by atoms with Crippen LogP contribution in [0.5, 0.6) is 0 Å². The van der Waals surface area contributed by atoms with Crippen molar-refractivity contribution in [2.45, 2.75) is 55.4 Å². The van der Waals surface area contributed by atoms with Crippen LogP contribution >= 0.6 is 0 Å². The first-order valence-electron chi connectivity index (χ1n) is 5.01. The van der Waals surface area contributed by atoms with E-state index in [2.05, 4.69) is 10.5 Å². The van der Waals surface area contributed by atoms with Gasteiger partial charge in [0.1, 0.15) is 0 Å². The molecule has 0 radical (unpaired) electrons. The standard InChI is InChI=1S/C4H8N2O.3C2H6/c1-3-5-6-4(2)7;3*1-2/h3H,1-2H3,(H,6,7);3*1-2H3/b5-3+;;;. The molecule has 13 heavy (non-hydrogen) atoms. The molecular weight excluding hydrogens is 164 g/mol. The van der Waals surface area contributed by atoms with Crippen LogP contribution in [0.15, 0.2) is 5.10 Å². The monoisotopic (exact) mass is 190 g/mol. The van der Waals surface area contributed by atoms with Crippen LogP contribution in [0.1, 0.15) is 55.4 Å². The first kappa shape index (κ1) is 22.7. The van der Waals surface area contributed by atoms with Crippen molar-refractivity contribution in [2.75, 3.05) is 0 Å². The first-order chi connectivity index (χ1) is 6.27. The van der Waals surface area contributed by atoms with Gasteiger partial charge in [-0.3, -0.25) is 4.79 Å². The Bertz CT molecular complexity index is 90.9. The van der Waals surface area contributed by atoms with Gasteiger partial charge in [-0.25, -0.2) is 5.43 Å². The van der Waals surface area contributed by atoms with Gasteiger partial charge in [-0.15, -0.1) is 0 Å². The number of amides is 1. The molecule has 0 aromatic carbocycles. The highest BCUT2D eigenvalue weighted by molar-refractivity contribution is 5.73. The molecular formula is C10H26N2O. The van der Waals surface area contributed by atoms with Gasteiger partial charge in [0.05, 0.1) is 0 Å². The van der Waals surface area contributed by atoms with Crippen LogP contribution < -0.4 is 5.43 Å². The molecule has 0 aliphatic heterocycles. The van der Waals surface area contributed by atoms with E-state index in [1.54, 1.807) is 6.92 Å². The normalized spacial score (nSPS) is 6.46. The Morgan fingerprint density at radius 2 is 1.38 bits per heavy atom. The van der Waals surface area contributed by atoms with E-state index < -0.39 is 0 Å². The summed E-state index contributed by atoms with van der Waals surface area (Å²) in [5, 5.41) is 3.45. The molecule has 0 spiro atoms. The molecule has 0 saturated carbocycles. The summed E-state index contributed by atoms with van der Waals surface area (Å²) in [5.74, 6) is -0.141. The van der Waals surface area contributed by atoms with Crippen molar-refractivity contribution in [2.24, 2.45) is 5.10 Å². The number of rotatable bonds is 1. The van der Waals surface area contributed by atoms with Crippen LogP contribution in [0.25, 0.3) is 0 Å². The van der Waals surface area contributed by atoms with Crippen LogP contribution in [-0.4, -0.2) is 12.1 Å². The number of carbonyl (C=O) groups is 1. The Balaban J connectivity index is -0.0000000573. The van der Waals surface area contributed by atoms with E-state index in [1.807, 2.05) is 41.5 Å². The number of nitrogens with one attached hydrogen (secondary N) is 1. The summed E-state index contributed by atoms with van der Waals surface area (Å²) in [6.45, 7) is 15.1. The van der Waals surface area contributed by atoms with Crippen LogP contribution in [0.4, 0.5) is 0 Å². The lowest BCUT2D eigenvalue weighted by atomic mass is 10.8. The first-order valence-corrected chi connectivity index (χ1v) is 5.01. The number of nitrogens with zero attached hydrogens (tertiary/aromatic N) is 1. The van der Waals surface area contributed by atoms with Crippen molar-refractivity contribution < 1.29 is 4.79 Å². The van der Waals surface area contributed by atoms with Crippen molar-refractivity contribution in [1.82, 2.24) is 5.43 Å². The van der Waals surface area contributed by atoms with Gasteiger partial charge < -0.3 is 0 Å². The second kappa shape index (κ2) is 43.4. The number of hydrogen-bond acceptors (Lipinski definition) is 2. The molecule has 1 N–H and O–H groups in total. The van der Waals surface area contributed by atoms with E-state index in [4.69, 9.17) is 0 Å². The molecule has 0 atom stereocenters. The van der Waals surface area contributed by atoms with Gasteiger partial charge in [0.25, 0.3) is 0 Å². The molecule has 3 heteroatoms. The van der Waals surface area contributed by atoms with Crippen molar-refractivity contribution in [1.29, 1.82) is 0 Å². The van der Waals surface area contributed by atoms with E-state index >= 15 is 0 Å². The molecule has 0 aliphatic carbocycles. The highest BCUT2D eigenvalue weighted by atomic mass is 16.2. The lowest BCUT2D eigenvalue weighted by Crippen LogP contribution is -2.11. The second-order valence-electron chi connectivity index (χ2n) is 1.06. The lowest BCUT2D eigenvalue weighted by Gasteiger charge is -1.84. The van der Waals surface area contributed by atoms with Crippen LogP contribution in [0.3, 0.4) is 0 Å². The highest BCUT2D eigenvalue weighted by Crippen LogP contribution is 1.56. The Hall–Kier alpha value is -0.860. The zero-order valence-corrected chi connectivity index (χ0v) is 10.4. The quantitative estimate of drug-likeness (QED) is 0.500. The summed E-state index contributed by atoms with van der Waals surface area (Å²) in [5.41, 5.74) is 2.23. The molecule has 0 rings (SSSR count). The SMILES string of the molecule is C/C=N/NC(C)=O.CC.CC.CC. The minimum atomic E-state index is -0.141. The zero-order chi connectivity index (χ0) is 11.7. The van der Waals surface area contributed by atoms with E-state index in [1.165, 1.54) is 13.1 Å². The summed E-state index contributed by atoms with van der Waals surface area (Å²) in [7, 11) is 0. The average molecular weight is 190 g/mol. The lowest BCUT2D eigenvalue weighted by molar-refractivity contribution is -0.118. The van der Waals surface area contributed by atoms with Gasteiger partial charge in [-0.1, -0.05) is 41.5 Å². The van der Waals surface area contributed by atoms with Gasteiger partial charge in [0.15, 0.2) is 0 Å². The fraction of sp³-hybridized carbons (Fsp3) is 0.800. The summed E-state index contributed by atoms with van der Waals surface area (Å²) in [4.78, 5) is 9.98. The third kappa shape index (κ3) is 94.4. The average Bonchev–Trinajstić information content (AvgIpc) is 2.24. The molecule has 1 amide bonds. The van der Waals surface area contributed by atoms with Crippen molar-refractivity contribution >= 4 is 12.1 Å². The zero-order valence-electron chi connectivity index (χ0n) is 10.4. The predicted molar refractivity (Wildman–Crippen MR) is 62.0 cm³/mol. The molecule has 0 saturated heterocycles. The molecule has 0 aromatic heterocycles. The van der Waals surface area contributed by atoms with Gasteiger partial charge in [-0.2, -0.15) is 5.10 Å². The van der Waals surface area contributed by atoms with Crippen molar-refractivity contribution in [3.8, 4) is 0 Å². The Labute approximate surface area is 83.6 Å². The summed E-state index contributed by atoms with van der Waals surface area (Å²) < 4.78 is 0. The topological polar surface area (TPSA) is 41.5 Å². The van der Waals surface area contributed by atoms with Gasteiger partial charge in [0, 0.05) is 13.1 Å². The molecule has 0 bridgehead atoms. The fourth-order valence-corrected chi connectivity index (χ4v) is 0.155. The van der Waals surface area contributed by atoms with Gasteiger partial charge in [-0.05, 0) is 6.92 Å². The third-order valence-corrected chi connectivity index (χ3v) is 0.351. The Morgan fingerprint density at radius 3 is 1.46 bits per heavy atom. The highest BCUT2D eigenvalue weighted by Gasteiger charge is 1.78. The molecule has 3 nitrogen and oxygen atoms in total. The van der Waals surface area contributed by atoms with Crippen LogP contribution in [0, 0.1) is 0 Å². The number of hydrazone groups is 1. The Kier molecular flexibility index (Phi) is 75.8. The van der Waals surface area contributed by atoms with E-state index in [-0.39, 0.29) is 5.91 Å². The summed E-state index contributed by atoms with van der Waals surface area (Å²) in [6, 6.07) is 0. The molecule has 0 aliphatic rings. The van der Waals surface area contributed by atoms with Gasteiger partial charge in [0.2, 0.25) is 5.91 Å². The molecule has 0 aromatic rings. The molecule has 0 fully saturated rings. The van der Waals surface area contributed by atoms with E-state index in [9.17, 15) is 4.79 Å². The Morgan fingerprint density at radius 1 is 1.08 bits per heavy atom. The second-order valence-corrected chi connectivity index (χ2v) is 1.06. The number of carbonyl (C=O) groups excluding carboxylic acids is 1. The molecule has 82 valence electrons. The molecule has 0 unspecified atom stereocenters. The maximum atomic E-state index is 9.98. The summed E-state index contributed by atoms with van der Waals surface area (Å²) in [6.07, 6.45) is 1.52.